The lowest BCUT2D eigenvalue weighted by molar-refractivity contribution is -0.392. The summed E-state index contributed by atoms with van der Waals surface area (Å²) >= 11 is 0. The Balaban J connectivity index is 1.55. The number of aryl methyl sites for hydroxylation is 1. The van der Waals surface area contributed by atoms with Gasteiger partial charge in [0.1, 0.15) is 12.5 Å². The summed E-state index contributed by atoms with van der Waals surface area (Å²) in [5.74, 6) is -0.00768. The maximum atomic E-state index is 14.2. The zero-order valence-electron chi connectivity index (χ0n) is 29.8. The van der Waals surface area contributed by atoms with Crippen molar-refractivity contribution >= 4 is 40.0 Å². The smallest absolute Gasteiger partial charge is 0.344 e. The molecule has 6 aromatic rings. The first-order valence-corrected chi connectivity index (χ1v) is 16.7. The maximum Gasteiger partial charge on any atom is 0.344 e. The van der Waals surface area contributed by atoms with Crippen molar-refractivity contribution < 1.29 is 28.7 Å². The van der Waals surface area contributed by atoms with Gasteiger partial charge in [0, 0.05) is 47.3 Å². The van der Waals surface area contributed by atoms with E-state index < -0.39 is 22.9 Å². The molecule has 1 unspecified atom stereocenters. The molecule has 0 fully saturated rings. The maximum absolute atomic E-state index is 14.2. The van der Waals surface area contributed by atoms with Crippen LogP contribution in [0.2, 0.25) is 0 Å². The second-order valence-electron chi connectivity index (χ2n) is 11.9. The molecule has 4 aromatic carbocycles. The van der Waals surface area contributed by atoms with Crippen molar-refractivity contribution in [2.75, 3.05) is 31.1 Å². The van der Waals surface area contributed by atoms with Crippen LogP contribution in [0, 0.1) is 17.0 Å². The van der Waals surface area contributed by atoms with E-state index >= 15 is 0 Å². The third-order valence-corrected chi connectivity index (χ3v) is 9.02. The fraction of sp³-hybridized carbons (Fsp3) is 0.205. The zero-order chi connectivity index (χ0) is 37.6. The summed E-state index contributed by atoms with van der Waals surface area (Å²) < 4.78 is 18.5. The first kappa shape index (κ1) is 36.0. The number of nitrogens with zero attached hydrogens (tertiary/aromatic N) is 7. The van der Waals surface area contributed by atoms with Gasteiger partial charge in [-0.05, 0) is 53.3 Å². The fourth-order valence-electron chi connectivity index (χ4n) is 6.41. The third-order valence-electron chi connectivity index (χ3n) is 9.02. The number of nitro groups is 1. The first-order valence-electron chi connectivity index (χ1n) is 16.7. The average molecular weight is 716 g/mol. The van der Waals surface area contributed by atoms with Crippen molar-refractivity contribution in [2.45, 2.75) is 33.0 Å². The van der Waals surface area contributed by atoms with E-state index in [0.717, 1.165) is 10.5 Å². The molecular weight excluding hydrogens is 678 g/mol. The Hall–Kier alpha value is -6.83. The molecule has 2 amide bonds. The SMILES string of the molecule is CCC(N(Cc1ccc2ncnc(N(C(=O)c3ccccc3)C(=O)c3ccccc3)c2c1C)c1cc(OC)c(OC)c(OC)c1)n1cncc1[N+](=O)[O-]. The Labute approximate surface area is 305 Å². The molecule has 0 radical (unpaired) electrons. The lowest BCUT2D eigenvalue weighted by atomic mass is 10.0. The molecule has 270 valence electrons. The van der Waals surface area contributed by atoms with Crippen LogP contribution in [0.3, 0.4) is 0 Å². The molecular formula is C39H37N7O7. The van der Waals surface area contributed by atoms with E-state index in [0.29, 0.717) is 57.0 Å². The highest BCUT2D eigenvalue weighted by molar-refractivity contribution is 6.27. The Morgan fingerprint density at radius 3 is 2.00 bits per heavy atom. The molecule has 53 heavy (non-hydrogen) atoms. The Morgan fingerprint density at radius 2 is 1.47 bits per heavy atom. The molecule has 0 bridgehead atoms. The molecule has 0 saturated carbocycles. The molecule has 0 saturated heterocycles. The summed E-state index contributed by atoms with van der Waals surface area (Å²) in [4.78, 5) is 56.3. The van der Waals surface area contributed by atoms with E-state index in [9.17, 15) is 19.7 Å². The van der Waals surface area contributed by atoms with Crippen LogP contribution in [0.25, 0.3) is 10.9 Å². The monoisotopic (exact) mass is 715 g/mol. The number of benzene rings is 4. The number of imide groups is 1. The van der Waals surface area contributed by atoms with Crippen molar-refractivity contribution in [3.63, 3.8) is 0 Å². The van der Waals surface area contributed by atoms with Crippen LogP contribution < -0.4 is 24.0 Å². The molecule has 6 rings (SSSR count). The third kappa shape index (κ3) is 6.94. The topological polar surface area (TPSA) is 155 Å². The second-order valence-corrected chi connectivity index (χ2v) is 11.9. The highest BCUT2D eigenvalue weighted by atomic mass is 16.6. The molecule has 14 heteroatoms. The Kier molecular flexibility index (Phi) is 10.6. The number of methoxy groups -OCH3 is 3. The van der Waals surface area contributed by atoms with Gasteiger partial charge in [0.15, 0.2) is 29.8 Å². The quantitative estimate of drug-likeness (QED) is 0.0679. The van der Waals surface area contributed by atoms with Gasteiger partial charge in [0.25, 0.3) is 11.8 Å². The van der Waals surface area contributed by atoms with Gasteiger partial charge in [-0.2, -0.15) is 4.57 Å². The molecule has 0 N–H and O–H groups in total. The lowest BCUT2D eigenvalue weighted by Gasteiger charge is -2.33. The van der Waals surface area contributed by atoms with Gasteiger partial charge in [-0.1, -0.05) is 49.4 Å². The molecule has 0 spiro atoms. The zero-order valence-corrected chi connectivity index (χ0v) is 29.8. The average Bonchev–Trinajstić information content (AvgIpc) is 3.69. The van der Waals surface area contributed by atoms with Crippen molar-refractivity contribution in [1.29, 1.82) is 0 Å². The minimum Gasteiger partial charge on any atom is -0.493 e. The number of carbonyl (C=O) groups excluding carboxylic acids is 2. The number of carbonyl (C=O) groups is 2. The molecule has 0 aliphatic heterocycles. The van der Waals surface area contributed by atoms with Crippen molar-refractivity contribution in [3.8, 4) is 17.2 Å². The minimum absolute atomic E-state index is 0.119. The van der Waals surface area contributed by atoms with Crippen molar-refractivity contribution in [2.24, 2.45) is 0 Å². The van der Waals surface area contributed by atoms with Gasteiger partial charge in [-0.25, -0.2) is 19.9 Å². The van der Waals surface area contributed by atoms with E-state index in [2.05, 4.69) is 15.0 Å². The standard InChI is InChI=1S/C39H37N7O7/c1-6-33(44-24-40-21-34(44)46(49)50)43(29-19-31(51-3)36(53-5)32(20-29)52-4)22-28-17-18-30-35(25(28)2)37(42-23-41-30)45(38(47)26-13-9-7-10-14-26)39(48)27-15-11-8-12-16-27/h7-21,23-24,33H,6,22H2,1-5H3. The number of amides is 2. The Bertz CT molecular complexity index is 2200. The number of aromatic nitrogens is 4. The van der Waals surface area contributed by atoms with E-state index in [-0.39, 0.29) is 18.2 Å². The van der Waals surface area contributed by atoms with Gasteiger partial charge < -0.3 is 29.2 Å². The van der Waals surface area contributed by atoms with E-state index in [1.54, 1.807) is 78.9 Å². The number of anilines is 2. The molecule has 0 aliphatic carbocycles. The number of ether oxygens (including phenoxy) is 3. The number of fused-ring (bicyclic) bond motifs is 1. The minimum atomic E-state index is -0.613. The number of hydrogen-bond acceptors (Lipinski definition) is 11. The van der Waals surface area contributed by atoms with Crippen molar-refractivity contribution in [1.82, 2.24) is 19.5 Å². The number of rotatable bonds is 13. The Morgan fingerprint density at radius 1 is 0.868 bits per heavy atom. The van der Waals surface area contributed by atoms with Crippen LogP contribution in [-0.2, 0) is 6.54 Å². The second kappa shape index (κ2) is 15.6. The van der Waals surface area contributed by atoms with Gasteiger partial charge in [-0.15, -0.1) is 0 Å². The van der Waals surface area contributed by atoms with Crippen LogP contribution in [0.15, 0.2) is 104 Å². The van der Waals surface area contributed by atoms with Crippen molar-refractivity contribution in [3.05, 3.63) is 136 Å². The largest absolute Gasteiger partial charge is 0.493 e. The lowest BCUT2D eigenvalue weighted by Crippen LogP contribution is -2.38. The van der Waals surface area contributed by atoms with Gasteiger partial charge >= 0.3 is 5.82 Å². The molecule has 1 atom stereocenters. The van der Waals surface area contributed by atoms with Crippen LogP contribution >= 0.6 is 0 Å². The predicted molar refractivity (Wildman–Crippen MR) is 199 cm³/mol. The number of imidazole rings is 1. The molecule has 2 aromatic heterocycles. The van der Waals surface area contributed by atoms with Crippen LogP contribution in [-0.4, -0.2) is 57.6 Å². The van der Waals surface area contributed by atoms with Gasteiger partial charge in [0.2, 0.25) is 5.75 Å². The highest BCUT2D eigenvalue weighted by Crippen LogP contribution is 2.44. The summed E-state index contributed by atoms with van der Waals surface area (Å²) in [6.45, 7) is 3.99. The van der Waals surface area contributed by atoms with E-state index in [4.69, 9.17) is 14.2 Å². The normalized spacial score (nSPS) is 11.5. The summed E-state index contributed by atoms with van der Waals surface area (Å²) in [5, 5.41) is 12.6. The predicted octanol–water partition coefficient (Wildman–Crippen LogP) is 7.17. The summed E-state index contributed by atoms with van der Waals surface area (Å²) in [6, 6.07) is 24.3. The van der Waals surface area contributed by atoms with Crippen LogP contribution in [0.5, 0.6) is 17.2 Å². The number of hydrogen-bond donors (Lipinski definition) is 0. The highest BCUT2D eigenvalue weighted by Gasteiger charge is 2.32. The summed E-state index contributed by atoms with van der Waals surface area (Å²) in [5.41, 5.74) is 3.19. The fourth-order valence-corrected chi connectivity index (χ4v) is 6.41. The first-order chi connectivity index (χ1) is 25.7. The van der Waals surface area contributed by atoms with Gasteiger partial charge in [-0.3, -0.25) is 9.59 Å². The summed E-state index contributed by atoms with van der Waals surface area (Å²) in [7, 11) is 4.53. The van der Waals surface area contributed by atoms with Gasteiger partial charge in [0.05, 0.1) is 26.8 Å². The van der Waals surface area contributed by atoms with E-state index in [1.807, 2.05) is 24.8 Å². The molecule has 2 heterocycles. The molecule has 0 aliphatic rings. The molecule has 14 nitrogen and oxygen atoms in total. The van der Waals surface area contributed by atoms with E-state index in [1.165, 1.54) is 44.7 Å². The van der Waals surface area contributed by atoms with Crippen LogP contribution in [0.4, 0.5) is 17.3 Å². The summed E-state index contributed by atoms with van der Waals surface area (Å²) in [6.07, 6.45) is 3.79. The van der Waals surface area contributed by atoms with Crippen LogP contribution in [0.1, 0.15) is 51.4 Å².